The minimum atomic E-state index is -3.46. The second kappa shape index (κ2) is 4.89. The molecule has 0 aliphatic carbocycles. The highest BCUT2D eigenvalue weighted by Gasteiger charge is 2.19. The van der Waals surface area contributed by atoms with Gasteiger partial charge in [0.25, 0.3) is 0 Å². The summed E-state index contributed by atoms with van der Waals surface area (Å²) in [4.78, 5) is 11.1. The van der Waals surface area contributed by atoms with E-state index >= 15 is 0 Å². The summed E-state index contributed by atoms with van der Waals surface area (Å²) in [5.41, 5.74) is 0. The first-order chi connectivity index (χ1) is 6.50. The standard InChI is InChI=1S/C9H17NO3S/c1-14(12,13)9(11)5-4-8-3-2-6-10-7-8/h8,10H,2-7H2,1H3. The van der Waals surface area contributed by atoms with Crippen LogP contribution in [0.4, 0.5) is 0 Å². The van der Waals surface area contributed by atoms with Gasteiger partial charge in [-0.1, -0.05) is 0 Å². The molecule has 1 unspecified atom stereocenters. The highest BCUT2D eigenvalue weighted by molar-refractivity contribution is 8.05. The molecule has 0 aromatic heterocycles. The summed E-state index contributed by atoms with van der Waals surface area (Å²) in [7, 11) is -3.46. The summed E-state index contributed by atoms with van der Waals surface area (Å²) in [5, 5.41) is 2.61. The summed E-state index contributed by atoms with van der Waals surface area (Å²) < 4.78 is 21.7. The van der Waals surface area contributed by atoms with Crippen LogP contribution < -0.4 is 5.32 Å². The number of sulfone groups is 1. The Morgan fingerprint density at radius 1 is 1.50 bits per heavy atom. The van der Waals surface area contributed by atoms with Crippen molar-refractivity contribution < 1.29 is 13.2 Å². The van der Waals surface area contributed by atoms with Gasteiger partial charge in [-0.3, -0.25) is 4.79 Å². The molecule has 0 aromatic carbocycles. The fraction of sp³-hybridized carbons (Fsp3) is 0.889. The Balaban J connectivity index is 2.29. The lowest BCUT2D eigenvalue weighted by atomic mass is 9.95. The molecular weight excluding hydrogens is 202 g/mol. The third-order valence-corrected chi connectivity index (χ3v) is 3.60. The summed E-state index contributed by atoms with van der Waals surface area (Å²) in [6, 6.07) is 0. The summed E-state index contributed by atoms with van der Waals surface area (Å²) in [5.74, 6) is 0.467. The SMILES string of the molecule is CS(=O)(=O)C(=O)CCC1CCCNC1. The van der Waals surface area contributed by atoms with Gasteiger partial charge in [0.2, 0.25) is 15.0 Å². The van der Waals surface area contributed by atoms with Gasteiger partial charge in [-0.25, -0.2) is 8.42 Å². The van der Waals surface area contributed by atoms with E-state index in [-0.39, 0.29) is 6.42 Å². The van der Waals surface area contributed by atoms with Crippen LogP contribution in [0.5, 0.6) is 0 Å². The van der Waals surface area contributed by atoms with E-state index in [4.69, 9.17) is 0 Å². The topological polar surface area (TPSA) is 63.2 Å². The van der Waals surface area contributed by atoms with Gasteiger partial charge in [-0.05, 0) is 38.3 Å². The van der Waals surface area contributed by atoms with Gasteiger partial charge in [0.05, 0.1) is 0 Å². The van der Waals surface area contributed by atoms with Crippen LogP contribution in [0.2, 0.25) is 0 Å². The van der Waals surface area contributed by atoms with Crippen molar-refractivity contribution in [1.29, 1.82) is 0 Å². The van der Waals surface area contributed by atoms with E-state index in [1.807, 2.05) is 0 Å². The lowest BCUT2D eigenvalue weighted by molar-refractivity contribution is -0.112. The maximum Gasteiger partial charge on any atom is 0.246 e. The molecule has 1 atom stereocenters. The molecule has 1 aliphatic heterocycles. The van der Waals surface area contributed by atoms with Crippen molar-refractivity contribution in [1.82, 2.24) is 5.32 Å². The number of carbonyl (C=O) groups is 1. The number of hydrogen-bond donors (Lipinski definition) is 1. The van der Waals surface area contributed by atoms with Gasteiger partial charge in [0.1, 0.15) is 0 Å². The zero-order valence-electron chi connectivity index (χ0n) is 8.45. The first-order valence-corrected chi connectivity index (χ1v) is 6.83. The highest BCUT2D eigenvalue weighted by Crippen LogP contribution is 2.16. The average molecular weight is 219 g/mol. The molecule has 0 aromatic rings. The molecule has 0 spiro atoms. The van der Waals surface area contributed by atoms with Crippen LogP contribution in [-0.2, 0) is 14.6 Å². The molecule has 1 saturated heterocycles. The van der Waals surface area contributed by atoms with E-state index in [0.717, 1.165) is 32.2 Å². The molecule has 1 rings (SSSR count). The Labute approximate surface area is 85.0 Å². The Morgan fingerprint density at radius 2 is 2.21 bits per heavy atom. The van der Waals surface area contributed by atoms with E-state index in [9.17, 15) is 13.2 Å². The molecule has 1 aliphatic rings. The van der Waals surface area contributed by atoms with Gasteiger partial charge in [0, 0.05) is 12.7 Å². The molecule has 0 amide bonds. The quantitative estimate of drug-likeness (QED) is 0.743. The number of rotatable bonds is 3. The van der Waals surface area contributed by atoms with Crippen LogP contribution in [0.1, 0.15) is 25.7 Å². The van der Waals surface area contributed by atoms with Crippen molar-refractivity contribution >= 4 is 15.0 Å². The summed E-state index contributed by atoms with van der Waals surface area (Å²) in [6.07, 6.45) is 4.07. The lowest BCUT2D eigenvalue weighted by Gasteiger charge is -2.21. The third kappa shape index (κ3) is 3.75. The van der Waals surface area contributed by atoms with Crippen molar-refractivity contribution in [2.75, 3.05) is 19.3 Å². The fourth-order valence-corrected chi connectivity index (χ4v) is 2.17. The first-order valence-electron chi connectivity index (χ1n) is 4.94. The molecule has 1 heterocycles. The number of carbonyl (C=O) groups excluding carboxylic acids is 1. The molecule has 0 radical (unpaired) electrons. The van der Waals surface area contributed by atoms with E-state index in [1.54, 1.807) is 0 Å². The predicted octanol–water partition coefficient (Wildman–Crippen LogP) is 0.337. The average Bonchev–Trinajstić information content (AvgIpc) is 2.14. The van der Waals surface area contributed by atoms with Crippen molar-refractivity contribution in [3.05, 3.63) is 0 Å². The maximum atomic E-state index is 11.1. The van der Waals surface area contributed by atoms with E-state index < -0.39 is 15.0 Å². The van der Waals surface area contributed by atoms with Crippen molar-refractivity contribution in [2.45, 2.75) is 25.7 Å². The molecule has 4 nitrogen and oxygen atoms in total. The Hall–Kier alpha value is -0.420. The monoisotopic (exact) mass is 219 g/mol. The van der Waals surface area contributed by atoms with Gasteiger partial charge >= 0.3 is 0 Å². The van der Waals surface area contributed by atoms with Crippen LogP contribution in [-0.4, -0.2) is 32.9 Å². The maximum absolute atomic E-state index is 11.1. The minimum absolute atomic E-state index is 0.172. The molecule has 1 fully saturated rings. The third-order valence-electron chi connectivity index (χ3n) is 2.57. The molecule has 0 saturated carbocycles. The molecule has 1 N–H and O–H groups in total. The van der Waals surface area contributed by atoms with Gasteiger partial charge in [-0.2, -0.15) is 0 Å². The second-order valence-electron chi connectivity index (χ2n) is 3.90. The zero-order chi connectivity index (χ0) is 10.6. The van der Waals surface area contributed by atoms with Crippen LogP contribution in [0.3, 0.4) is 0 Å². The van der Waals surface area contributed by atoms with Crippen LogP contribution in [0, 0.1) is 5.92 Å². The molecule has 14 heavy (non-hydrogen) atoms. The predicted molar refractivity (Wildman–Crippen MR) is 54.7 cm³/mol. The fourth-order valence-electron chi connectivity index (χ4n) is 1.68. The summed E-state index contributed by atoms with van der Waals surface area (Å²) >= 11 is 0. The zero-order valence-corrected chi connectivity index (χ0v) is 9.27. The number of hydrogen-bond acceptors (Lipinski definition) is 4. The molecule has 5 heteroatoms. The van der Waals surface area contributed by atoms with Crippen LogP contribution >= 0.6 is 0 Å². The minimum Gasteiger partial charge on any atom is -0.316 e. The van der Waals surface area contributed by atoms with Crippen LogP contribution in [0.15, 0.2) is 0 Å². The van der Waals surface area contributed by atoms with Crippen molar-refractivity contribution in [2.24, 2.45) is 5.92 Å². The van der Waals surface area contributed by atoms with Gasteiger partial charge < -0.3 is 5.32 Å². The largest absolute Gasteiger partial charge is 0.316 e. The Bertz CT molecular complexity index is 291. The van der Waals surface area contributed by atoms with Gasteiger partial charge in [-0.15, -0.1) is 0 Å². The lowest BCUT2D eigenvalue weighted by Crippen LogP contribution is -2.30. The highest BCUT2D eigenvalue weighted by atomic mass is 32.2. The normalized spacial score (nSPS) is 23.4. The Morgan fingerprint density at radius 3 is 2.71 bits per heavy atom. The first kappa shape index (κ1) is 11.7. The summed E-state index contributed by atoms with van der Waals surface area (Å²) in [6.45, 7) is 1.95. The van der Waals surface area contributed by atoms with Crippen LogP contribution in [0.25, 0.3) is 0 Å². The molecule has 0 bridgehead atoms. The molecule has 82 valence electrons. The Kier molecular flexibility index (Phi) is 4.07. The second-order valence-corrected chi connectivity index (χ2v) is 5.89. The van der Waals surface area contributed by atoms with E-state index in [0.29, 0.717) is 12.3 Å². The van der Waals surface area contributed by atoms with E-state index in [1.165, 1.54) is 0 Å². The number of nitrogens with one attached hydrogen (secondary N) is 1. The number of piperidine rings is 1. The van der Waals surface area contributed by atoms with Crippen molar-refractivity contribution in [3.63, 3.8) is 0 Å². The van der Waals surface area contributed by atoms with E-state index in [2.05, 4.69) is 5.32 Å². The van der Waals surface area contributed by atoms with Gasteiger partial charge in [0.15, 0.2) is 0 Å². The van der Waals surface area contributed by atoms with Crippen molar-refractivity contribution in [3.8, 4) is 0 Å². The molecular formula is C9H17NO3S. The smallest absolute Gasteiger partial charge is 0.246 e.